The molecule has 0 aromatic heterocycles. The molecule has 78 valence electrons. The van der Waals surface area contributed by atoms with Crippen LogP contribution in [0.25, 0.3) is 4.98 Å². The van der Waals surface area contributed by atoms with Crippen LogP contribution in [0.15, 0.2) is 24.3 Å². The van der Waals surface area contributed by atoms with E-state index in [0.717, 1.165) is 5.56 Å². The summed E-state index contributed by atoms with van der Waals surface area (Å²) in [4.78, 5) is 2.98. The highest BCUT2D eigenvalue weighted by Crippen LogP contribution is 2.11. The number of hydrogen-bond donors (Lipinski definition) is 0. The minimum absolute atomic E-state index is 0.513. The Labute approximate surface area is 83.6 Å². The van der Waals surface area contributed by atoms with Crippen molar-refractivity contribution in [1.29, 1.82) is 5.39 Å². The highest BCUT2D eigenvalue weighted by Gasteiger charge is 2.20. The predicted octanol–water partition coefficient (Wildman–Crippen LogP) is 3.45. The molecule has 2 nitrogen and oxygen atoms in total. The normalized spacial score (nSPS) is 9.20. The summed E-state index contributed by atoms with van der Waals surface area (Å²) in [7, 11) is -6.00. The van der Waals surface area contributed by atoms with Gasteiger partial charge in [0.1, 0.15) is 0 Å². The van der Waals surface area contributed by atoms with Crippen molar-refractivity contribution >= 4 is 12.9 Å². The van der Waals surface area contributed by atoms with Gasteiger partial charge in [-0.05, 0) is 12.1 Å². The van der Waals surface area contributed by atoms with E-state index in [2.05, 4.69) is 10.9 Å². The second-order valence-electron chi connectivity index (χ2n) is 2.29. The van der Waals surface area contributed by atoms with Crippen molar-refractivity contribution in [1.82, 2.24) is 0 Å². The predicted molar refractivity (Wildman–Crippen MR) is 49.3 cm³/mol. The van der Waals surface area contributed by atoms with Gasteiger partial charge in [0.25, 0.3) is 0 Å². The Morgan fingerprint density at radius 3 is 1.80 bits per heavy atom. The van der Waals surface area contributed by atoms with E-state index in [9.17, 15) is 17.3 Å². The molecule has 0 atom stereocenters. The van der Waals surface area contributed by atoms with Crippen molar-refractivity contribution in [3.63, 3.8) is 0 Å². The minimum atomic E-state index is -6.00. The summed E-state index contributed by atoms with van der Waals surface area (Å²) < 4.78 is 39.0. The molecule has 0 spiro atoms. The third kappa shape index (κ3) is 8.32. The molecular weight excluding hydrogens is 211 g/mol. The standard InChI is InChI=1S/C8H5N2.BF4/c1-2-7-3-5-8(10-9)6-4-7;2-1(3,4)5/h1,3-6H;/q+1;-1. The SMILES string of the molecule is C#Cc1ccc([N+]#N)cc1.F[B-](F)(F)F. The number of rotatable bonds is 0. The van der Waals surface area contributed by atoms with E-state index in [0.29, 0.717) is 5.69 Å². The topological polar surface area (TPSA) is 28.1 Å². The summed E-state index contributed by atoms with van der Waals surface area (Å²) in [5.41, 5.74) is 1.30. The fourth-order valence-electron chi connectivity index (χ4n) is 0.624. The third-order valence-corrected chi connectivity index (χ3v) is 1.15. The number of terminal acetylenes is 1. The highest BCUT2D eigenvalue weighted by molar-refractivity contribution is 6.50. The van der Waals surface area contributed by atoms with Gasteiger partial charge in [-0.15, -0.1) is 6.42 Å². The maximum absolute atomic E-state index is 9.75. The van der Waals surface area contributed by atoms with E-state index < -0.39 is 7.25 Å². The van der Waals surface area contributed by atoms with Gasteiger partial charge >= 0.3 is 12.9 Å². The lowest BCUT2D eigenvalue weighted by Gasteiger charge is -1.94. The first-order chi connectivity index (χ1) is 6.86. The van der Waals surface area contributed by atoms with Crippen molar-refractivity contribution in [3.8, 4) is 12.3 Å². The van der Waals surface area contributed by atoms with E-state index in [1.807, 2.05) is 0 Å². The molecular formula is C8H5BF4N2. The maximum atomic E-state index is 9.75. The molecule has 0 radical (unpaired) electrons. The molecule has 0 aliphatic carbocycles. The van der Waals surface area contributed by atoms with Crippen LogP contribution in [0.4, 0.5) is 23.0 Å². The molecule has 0 fully saturated rings. The second kappa shape index (κ2) is 5.66. The Morgan fingerprint density at radius 2 is 1.53 bits per heavy atom. The van der Waals surface area contributed by atoms with Crippen LogP contribution in [0.5, 0.6) is 0 Å². The molecule has 0 unspecified atom stereocenters. The largest absolute Gasteiger partial charge is 0.673 e. The van der Waals surface area contributed by atoms with Crippen LogP contribution in [0.2, 0.25) is 0 Å². The molecule has 0 heterocycles. The van der Waals surface area contributed by atoms with Gasteiger partial charge < -0.3 is 17.3 Å². The highest BCUT2D eigenvalue weighted by atomic mass is 19.5. The molecule has 0 aliphatic rings. The molecule has 0 saturated carbocycles. The summed E-state index contributed by atoms with van der Waals surface area (Å²) >= 11 is 0. The maximum Gasteiger partial charge on any atom is 0.673 e. The lowest BCUT2D eigenvalue weighted by molar-refractivity contribution is 0.368. The molecule has 1 rings (SSSR count). The van der Waals surface area contributed by atoms with E-state index in [-0.39, 0.29) is 0 Å². The quantitative estimate of drug-likeness (QED) is 0.282. The zero-order valence-electron chi connectivity index (χ0n) is 7.37. The Bertz CT molecular complexity index is 346. The first kappa shape index (κ1) is 13.0. The molecule has 0 aliphatic heterocycles. The summed E-state index contributed by atoms with van der Waals surface area (Å²) in [5, 5.41) is 8.27. The van der Waals surface area contributed by atoms with Crippen molar-refractivity contribution in [2.45, 2.75) is 0 Å². The summed E-state index contributed by atoms with van der Waals surface area (Å²) in [6.07, 6.45) is 5.10. The van der Waals surface area contributed by atoms with Gasteiger partial charge in [0.05, 0.1) is 0 Å². The van der Waals surface area contributed by atoms with Crippen LogP contribution < -0.4 is 0 Å². The zero-order valence-corrected chi connectivity index (χ0v) is 7.37. The molecule has 0 amide bonds. The molecule has 15 heavy (non-hydrogen) atoms. The summed E-state index contributed by atoms with van der Waals surface area (Å²) in [6, 6.07) is 6.73. The Kier molecular flexibility index (Phi) is 4.90. The van der Waals surface area contributed by atoms with Gasteiger partial charge in [0.15, 0.2) is 4.98 Å². The van der Waals surface area contributed by atoms with Crippen LogP contribution >= 0.6 is 0 Å². The van der Waals surface area contributed by atoms with Crippen LogP contribution in [0.3, 0.4) is 0 Å². The first-order valence-electron chi connectivity index (χ1n) is 3.66. The molecule has 0 saturated heterocycles. The molecule has 0 bridgehead atoms. The minimum Gasteiger partial charge on any atom is -0.418 e. The Morgan fingerprint density at radius 1 is 1.13 bits per heavy atom. The van der Waals surface area contributed by atoms with Gasteiger partial charge in [0.2, 0.25) is 5.39 Å². The number of diazo groups is 1. The molecule has 7 heteroatoms. The van der Waals surface area contributed by atoms with Gasteiger partial charge in [-0.3, -0.25) is 0 Å². The summed E-state index contributed by atoms with van der Waals surface area (Å²) in [5.74, 6) is 2.45. The number of hydrogen-bond acceptors (Lipinski definition) is 1. The lowest BCUT2D eigenvalue weighted by atomic mass is 10.2. The summed E-state index contributed by atoms with van der Waals surface area (Å²) in [6.45, 7) is 0. The fraction of sp³-hybridized carbons (Fsp3) is 0. The fourth-order valence-corrected chi connectivity index (χ4v) is 0.624. The number of benzene rings is 1. The first-order valence-corrected chi connectivity index (χ1v) is 3.66. The average Bonchev–Trinajstić information content (AvgIpc) is 2.15. The van der Waals surface area contributed by atoms with E-state index in [1.54, 1.807) is 24.3 Å². The van der Waals surface area contributed by atoms with Crippen molar-refractivity contribution in [2.75, 3.05) is 0 Å². The Hall–Kier alpha value is -2.02. The van der Waals surface area contributed by atoms with E-state index >= 15 is 0 Å². The number of nitrogens with zero attached hydrogens (tertiary/aromatic N) is 2. The zero-order chi connectivity index (χ0) is 11.9. The smallest absolute Gasteiger partial charge is 0.418 e. The monoisotopic (exact) mass is 216 g/mol. The second-order valence-corrected chi connectivity index (χ2v) is 2.29. The van der Waals surface area contributed by atoms with Crippen LogP contribution in [0.1, 0.15) is 5.56 Å². The Balaban J connectivity index is 0.000000336. The van der Waals surface area contributed by atoms with Gasteiger partial charge in [-0.2, -0.15) is 0 Å². The van der Waals surface area contributed by atoms with Gasteiger partial charge in [-0.25, -0.2) is 0 Å². The van der Waals surface area contributed by atoms with Gasteiger partial charge in [0, 0.05) is 17.7 Å². The molecule has 1 aromatic rings. The van der Waals surface area contributed by atoms with Crippen molar-refractivity contribution in [3.05, 3.63) is 34.8 Å². The number of halogens is 4. The van der Waals surface area contributed by atoms with Crippen LogP contribution in [-0.2, 0) is 0 Å². The van der Waals surface area contributed by atoms with Crippen LogP contribution in [-0.4, -0.2) is 7.25 Å². The third-order valence-electron chi connectivity index (χ3n) is 1.15. The van der Waals surface area contributed by atoms with Crippen molar-refractivity contribution < 1.29 is 17.3 Å². The average molecular weight is 216 g/mol. The molecule has 1 aromatic carbocycles. The molecule has 0 N–H and O–H groups in total. The van der Waals surface area contributed by atoms with Crippen LogP contribution in [0, 0.1) is 17.7 Å². The van der Waals surface area contributed by atoms with Gasteiger partial charge in [-0.1, -0.05) is 5.92 Å². The van der Waals surface area contributed by atoms with E-state index in [1.165, 1.54) is 0 Å². The van der Waals surface area contributed by atoms with E-state index in [4.69, 9.17) is 11.8 Å². The lowest BCUT2D eigenvalue weighted by Crippen LogP contribution is -2.02. The van der Waals surface area contributed by atoms with Crippen molar-refractivity contribution in [2.24, 2.45) is 0 Å².